The second kappa shape index (κ2) is 8.67. The Bertz CT molecular complexity index is 970. The Hall–Kier alpha value is -2.50. The number of nitrogens with zero attached hydrogens (tertiary/aromatic N) is 1. The molecule has 1 atom stereocenters. The number of anilines is 1. The summed E-state index contributed by atoms with van der Waals surface area (Å²) >= 11 is 4.58. The van der Waals surface area contributed by atoms with Gasteiger partial charge in [-0.15, -0.1) is 0 Å². The quantitative estimate of drug-likeness (QED) is 0.691. The third-order valence-electron chi connectivity index (χ3n) is 4.35. The molecule has 28 heavy (non-hydrogen) atoms. The number of furan rings is 1. The monoisotopic (exact) mass is 459 g/mol. The summed E-state index contributed by atoms with van der Waals surface area (Å²) in [5, 5.41) is 15.6. The summed E-state index contributed by atoms with van der Waals surface area (Å²) in [5.74, 6) is -0.216. The van der Waals surface area contributed by atoms with E-state index in [1.54, 1.807) is 12.1 Å². The number of allylic oxidation sites excluding steroid dienone is 1. The molecule has 0 aliphatic carbocycles. The molecule has 0 radical (unpaired) electrons. The fourth-order valence-electron chi connectivity index (χ4n) is 3.09. The molecule has 2 N–H and O–H groups in total. The lowest BCUT2D eigenvalue weighted by atomic mass is 9.92. The molecule has 0 unspecified atom stereocenters. The standard InChI is InChI=1S/C20H18BrN3O3S/c1-11-6-13(21)7-12(2)19(11)23-18(26)10-28-20-15(9-22)14(8-17(25)24-20)16-4-3-5-27-16/h3-7,14H,8,10H2,1-2H3,(H,23,26)(H,24,25)/t14-/m1/s1. The van der Waals surface area contributed by atoms with Crippen LogP contribution in [0.2, 0.25) is 0 Å². The highest BCUT2D eigenvalue weighted by Crippen LogP contribution is 2.36. The van der Waals surface area contributed by atoms with E-state index in [2.05, 4.69) is 32.6 Å². The Morgan fingerprint density at radius 2 is 2.14 bits per heavy atom. The summed E-state index contributed by atoms with van der Waals surface area (Å²) < 4.78 is 6.34. The zero-order chi connectivity index (χ0) is 20.3. The van der Waals surface area contributed by atoms with Gasteiger partial charge in [0, 0.05) is 16.6 Å². The minimum Gasteiger partial charge on any atom is -0.469 e. The summed E-state index contributed by atoms with van der Waals surface area (Å²) in [6.45, 7) is 3.85. The lowest BCUT2D eigenvalue weighted by Crippen LogP contribution is -2.31. The number of rotatable bonds is 5. The topological polar surface area (TPSA) is 95.1 Å². The van der Waals surface area contributed by atoms with Crippen molar-refractivity contribution in [2.45, 2.75) is 26.2 Å². The van der Waals surface area contributed by atoms with Gasteiger partial charge in [-0.2, -0.15) is 5.26 Å². The van der Waals surface area contributed by atoms with Gasteiger partial charge in [0.05, 0.1) is 34.6 Å². The summed E-state index contributed by atoms with van der Waals surface area (Å²) in [7, 11) is 0. The Morgan fingerprint density at radius 3 is 2.75 bits per heavy atom. The molecule has 8 heteroatoms. The molecule has 1 aromatic carbocycles. The Morgan fingerprint density at radius 1 is 1.43 bits per heavy atom. The molecular formula is C20H18BrN3O3S. The van der Waals surface area contributed by atoms with Gasteiger partial charge in [-0.1, -0.05) is 27.7 Å². The van der Waals surface area contributed by atoms with Crippen LogP contribution in [0.4, 0.5) is 5.69 Å². The van der Waals surface area contributed by atoms with E-state index in [4.69, 9.17) is 4.42 Å². The van der Waals surface area contributed by atoms with Crippen molar-refractivity contribution < 1.29 is 14.0 Å². The summed E-state index contributed by atoms with van der Waals surface area (Å²) in [6, 6.07) is 9.49. The van der Waals surface area contributed by atoms with Crippen LogP contribution < -0.4 is 10.6 Å². The van der Waals surface area contributed by atoms with Gasteiger partial charge in [-0.3, -0.25) is 9.59 Å². The molecule has 1 aromatic heterocycles. The minimum absolute atomic E-state index is 0.0701. The smallest absolute Gasteiger partial charge is 0.234 e. The van der Waals surface area contributed by atoms with Crippen LogP contribution in [-0.4, -0.2) is 17.6 Å². The van der Waals surface area contributed by atoms with Crippen LogP contribution in [-0.2, 0) is 9.59 Å². The highest BCUT2D eigenvalue weighted by atomic mass is 79.9. The molecule has 6 nitrogen and oxygen atoms in total. The van der Waals surface area contributed by atoms with Gasteiger partial charge in [0.1, 0.15) is 5.76 Å². The molecule has 0 saturated heterocycles. The number of nitrogens with one attached hydrogen (secondary N) is 2. The molecule has 2 amide bonds. The van der Waals surface area contributed by atoms with Crippen LogP contribution in [0.1, 0.15) is 29.2 Å². The second-order valence-corrected chi connectivity index (χ2v) is 8.33. The molecule has 2 heterocycles. The number of thioether (sulfide) groups is 1. The number of halogens is 1. The number of aryl methyl sites for hydroxylation is 2. The lowest BCUT2D eigenvalue weighted by molar-refractivity contribution is -0.121. The van der Waals surface area contributed by atoms with Crippen molar-refractivity contribution in [2.24, 2.45) is 0 Å². The summed E-state index contributed by atoms with van der Waals surface area (Å²) in [4.78, 5) is 24.5. The van der Waals surface area contributed by atoms with Gasteiger partial charge in [0.2, 0.25) is 11.8 Å². The number of nitriles is 1. The van der Waals surface area contributed by atoms with Gasteiger partial charge < -0.3 is 15.1 Å². The van der Waals surface area contributed by atoms with Gasteiger partial charge in [0.25, 0.3) is 0 Å². The van der Waals surface area contributed by atoms with Crippen LogP contribution >= 0.6 is 27.7 Å². The van der Waals surface area contributed by atoms with Crippen molar-refractivity contribution in [1.82, 2.24) is 5.32 Å². The highest BCUT2D eigenvalue weighted by Gasteiger charge is 2.31. The fraction of sp³-hybridized carbons (Fsp3) is 0.250. The average Bonchev–Trinajstić information content (AvgIpc) is 3.17. The Kier molecular flexibility index (Phi) is 6.27. The first-order chi connectivity index (χ1) is 13.4. The predicted molar refractivity (Wildman–Crippen MR) is 112 cm³/mol. The zero-order valence-electron chi connectivity index (χ0n) is 15.3. The fourth-order valence-corrected chi connectivity index (χ4v) is 4.65. The third kappa shape index (κ3) is 4.49. The number of carbonyl (C=O) groups is 2. The van der Waals surface area contributed by atoms with E-state index in [0.29, 0.717) is 16.4 Å². The maximum atomic E-state index is 12.5. The number of carbonyl (C=O) groups excluding carboxylic acids is 2. The normalized spacial score (nSPS) is 16.5. The Labute approximate surface area is 175 Å². The predicted octanol–water partition coefficient (Wildman–Crippen LogP) is 4.37. The largest absolute Gasteiger partial charge is 0.469 e. The van der Waals surface area contributed by atoms with E-state index in [9.17, 15) is 14.9 Å². The Balaban J connectivity index is 1.74. The molecular weight excluding hydrogens is 442 g/mol. The molecule has 0 fully saturated rings. The van der Waals surface area contributed by atoms with Crippen molar-refractivity contribution >= 4 is 45.2 Å². The van der Waals surface area contributed by atoms with Gasteiger partial charge in [0.15, 0.2) is 0 Å². The van der Waals surface area contributed by atoms with E-state index in [1.165, 1.54) is 6.26 Å². The van der Waals surface area contributed by atoms with Crippen LogP contribution in [0.3, 0.4) is 0 Å². The third-order valence-corrected chi connectivity index (χ3v) is 5.83. The van der Waals surface area contributed by atoms with Crippen LogP contribution in [0, 0.1) is 25.2 Å². The van der Waals surface area contributed by atoms with E-state index < -0.39 is 5.92 Å². The maximum absolute atomic E-state index is 12.5. The molecule has 0 spiro atoms. The minimum atomic E-state index is -0.435. The van der Waals surface area contributed by atoms with E-state index in [1.807, 2.05) is 26.0 Å². The second-order valence-electron chi connectivity index (χ2n) is 6.43. The molecule has 0 bridgehead atoms. The van der Waals surface area contributed by atoms with Gasteiger partial charge >= 0.3 is 0 Å². The first-order valence-corrected chi connectivity index (χ1v) is 10.3. The number of hydrogen-bond acceptors (Lipinski definition) is 5. The van der Waals surface area contributed by atoms with Crippen molar-refractivity contribution in [2.75, 3.05) is 11.1 Å². The van der Waals surface area contributed by atoms with Crippen molar-refractivity contribution in [3.63, 3.8) is 0 Å². The maximum Gasteiger partial charge on any atom is 0.234 e. The summed E-state index contributed by atoms with van der Waals surface area (Å²) in [6.07, 6.45) is 1.66. The number of benzene rings is 1. The molecule has 144 valence electrons. The molecule has 3 rings (SSSR count). The molecule has 2 aromatic rings. The first-order valence-electron chi connectivity index (χ1n) is 8.56. The number of amides is 2. The van der Waals surface area contributed by atoms with Crippen LogP contribution in [0.5, 0.6) is 0 Å². The molecule has 0 saturated carbocycles. The van der Waals surface area contributed by atoms with Crippen molar-refractivity contribution in [1.29, 1.82) is 5.26 Å². The van der Waals surface area contributed by atoms with Crippen LogP contribution in [0.25, 0.3) is 0 Å². The van der Waals surface area contributed by atoms with E-state index in [0.717, 1.165) is 33.0 Å². The van der Waals surface area contributed by atoms with Gasteiger partial charge in [-0.05, 0) is 49.2 Å². The summed E-state index contributed by atoms with van der Waals surface area (Å²) in [5.41, 5.74) is 3.07. The SMILES string of the molecule is Cc1cc(Br)cc(C)c1NC(=O)CSC1=C(C#N)[C@H](c2ccco2)CC(=O)N1. The van der Waals surface area contributed by atoms with Crippen molar-refractivity contribution in [3.8, 4) is 6.07 Å². The highest BCUT2D eigenvalue weighted by molar-refractivity contribution is 9.10. The van der Waals surface area contributed by atoms with Gasteiger partial charge in [-0.25, -0.2) is 0 Å². The molecule has 1 aliphatic heterocycles. The number of hydrogen-bond donors (Lipinski definition) is 2. The van der Waals surface area contributed by atoms with E-state index >= 15 is 0 Å². The average molecular weight is 460 g/mol. The van der Waals surface area contributed by atoms with E-state index in [-0.39, 0.29) is 24.0 Å². The molecule has 1 aliphatic rings. The van der Waals surface area contributed by atoms with Crippen LogP contribution in [0.15, 0.2) is 50.0 Å². The van der Waals surface area contributed by atoms with Crippen molar-refractivity contribution in [3.05, 3.63) is 62.5 Å². The lowest BCUT2D eigenvalue weighted by Gasteiger charge is -2.23. The zero-order valence-corrected chi connectivity index (χ0v) is 17.7. The first kappa shape index (κ1) is 20.2.